The molecule has 0 spiro atoms. The van der Waals surface area contributed by atoms with Crippen molar-refractivity contribution in [1.29, 1.82) is 0 Å². The van der Waals surface area contributed by atoms with Crippen LogP contribution in [0.1, 0.15) is 33.6 Å². The van der Waals surface area contributed by atoms with Crippen LogP contribution < -0.4 is 14.8 Å². The minimum atomic E-state index is -0.216. The molecule has 1 aliphatic rings. The van der Waals surface area contributed by atoms with Crippen molar-refractivity contribution in [2.45, 2.75) is 33.6 Å². The number of hydrogen-bond acceptors (Lipinski definition) is 4. The Bertz CT molecular complexity index is 586. The highest BCUT2D eigenvalue weighted by Crippen LogP contribution is 2.32. The highest BCUT2D eigenvalue weighted by Gasteiger charge is 2.17. The van der Waals surface area contributed by atoms with E-state index < -0.39 is 0 Å². The third-order valence-corrected chi connectivity index (χ3v) is 3.83. The summed E-state index contributed by atoms with van der Waals surface area (Å²) < 4.78 is 11.0. The van der Waals surface area contributed by atoms with E-state index in [1.165, 1.54) is 0 Å². The van der Waals surface area contributed by atoms with Crippen molar-refractivity contribution >= 4 is 17.5 Å². The second-order valence-electron chi connectivity index (χ2n) is 6.25. The predicted octanol–water partition coefficient (Wildman–Crippen LogP) is 2.68. The first kappa shape index (κ1) is 18.1. The maximum Gasteiger partial charge on any atom is 0.243 e. The Morgan fingerprint density at radius 3 is 2.58 bits per heavy atom. The monoisotopic (exact) mass is 334 g/mol. The van der Waals surface area contributed by atoms with Gasteiger partial charge in [0.1, 0.15) is 13.2 Å². The van der Waals surface area contributed by atoms with Crippen LogP contribution in [0.15, 0.2) is 18.2 Å². The fourth-order valence-corrected chi connectivity index (χ4v) is 2.44. The van der Waals surface area contributed by atoms with E-state index in [1.54, 1.807) is 23.1 Å². The second kappa shape index (κ2) is 8.57. The number of amides is 2. The second-order valence-corrected chi connectivity index (χ2v) is 6.25. The van der Waals surface area contributed by atoms with Crippen molar-refractivity contribution in [3.63, 3.8) is 0 Å². The molecule has 0 saturated carbocycles. The zero-order valence-corrected chi connectivity index (χ0v) is 14.6. The van der Waals surface area contributed by atoms with Crippen LogP contribution in [0.25, 0.3) is 0 Å². The number of benzene rings is 1. The molecule has 0 fully saturated rings. The molecule has 1 N–H and O–H groups in total. The lowest BCUT2D eigenvalue weighted by Gasteiger charge is -2.22. The molecule has 1 aromatic carbocycles. The summed E-state index contributed by atoms with van der Waals surface area (Å²) in [4.78, 5) is 26.0. The molecule has 24 heavy (non-hydrogen) atoms. The van der Waals surface area contributed by atoms with Gasteiger partial charge in [0.2, 0.25) is 11.8 Å². The molecule has 1 aliphatic heterocycles. The standard InChI is InChI=1S/C18H26N2O4/c1-4-20(18(22)8-5-13(2)3)12-17(21)19-14-6-7-15-16(11-14)24-10-9-23-15/h6-7,11,13H,4-5,8-10,12H2,1-3H3,(H,19,21). The number of rotatable bonds is 7. The number of likely N-dealkylation sites (N-methyl/N-ethyl adjacent to an activating group) is 1. The first-order valence-corrected chi connectivity index (χ1v) is 8.47. The van der Waals surface area contributed by atoms with Gasteiger partial charge in [-0.2, -0.15) is 0 Å². The predicted molar refractivity (Wildman–Crippen MR) is 92.4 cm³/mol. The smallest absolute Gasteiger partial charge is 0.243 e. The summed E-state index contributed by atoms with van der Waals surface area (Å²) in [5.74, 6) is 1.58. The Balaban J connectivity index is 1.90. The van der Waals surface area contributed by atoms with Crippen molar-refractivity contribution in [3.05, 3.63) is 18.2 Å². The maximum atomic E-state index is 12.2. The lowest BCUT2D eigenvalue weighted by molar-refractivity contribution is -0.134. The third kappa shape index (κ3) is 5.15. The van der Waals surface area contributed by atoms with Crippen molar-refractivity contribution in [2.75, 3.05) is 31.6 Å². The average Bonchev–Trinajstić information content (AvgIpc) is 2.57. The molecule has 0 unspecified atom stereocenters. The molecule has 0 aliphatic carbocycles. The third-order valence-electron chi connectivity index (χ3n) is 3.83. The van der Waals surface area contributed by atoms with E-state index in [1.807, 2.05) is 6.92 Å². The van der Waals surface area contributed by atoms with Gasteiger partial charge in [0.15, 0.2) is 11.5 Å². The molecular weight excluding hydrogens is 308 g/mol. The van der Waals surface area contributed by atoms with Gasteiger partial charge in [0.05, 0.1) is 6.54 Å². The lowest BCUT2D eigenvalue weighted by atomic mass is 10.1. The number of anilines is 1. The molecule has 0 bridgehead atoms. The van der Waals surface area contributed by atoms with Crippen LogP contribution in [-0.4, -0.2) is 43.0 Å². The van der Waals surface area contributed by atoms with Crippen LogP contribution in [0.5, 0.6) is 11.5 Å². The number of carbonyl (C=O) groups excluding carboxylic acids is 2. The highest BCUT2D eigenvalue weighted by molar-refractivity contribution is 5.94. The van der Waals surface area contributed by atoms with Crippen LogP contribution in [-0.2, 0) is 9.59 Å². The first-order valence-electron chi connectivity index (χ1n) is 8.47. The summed E-state index contributed by atoms with van der Waals surface area (Å²) >= 11 is 0. The molecule has 0 saturated heterocycles. The van der Waals surface area contributed by atoms with Crippen molar-refractivity contribution in [3.8, 4) is 11.5 Å². The molecule has 6 nitrogen and oxygen atoms in total. The molecule has 132 valence electrons. The first-order chi connectivity index (χ1) is 11.5. The fourth-order valence-electron chi connectivity index (χ4n) is 2.44. The highest BCUT2D eigenvalue weighted by atomic mass is 16.6. The van der Waals surface area contributed by atoms with Crippen molar-refractivity contribution in [1.82, 2.24) is 4.90 Å². The summed E-state index contributed by atoms with van der Waals surface area (Å²) in [6, 6.07) is 5.28. The molecule has 6 heteroatoms. The Hall–Kier alpha value is -2.24. The van der Waals surface area contributed by atoms with Gasteiger partial charge < -0.3 is 19.7 Å². The number of carbonyl (C=O) groups is 2. The Labute approximate surface area is 143 Å². The number of nitrogens with zero attached hydrogens (tertiary/aromatic N) is 1. The molecular formula is C18H26N2O4. The summed E-state index contributed by atoms with van der Waals surface area (Å²) in [6.07, 6.45) is 1.31. The van der Waals surface area contributed by atoms with Gasteiger partial charge in [0.25, 0.3) is 0 Å². The molecule has 2 rings (SSSR count). The molecule has 0 aromatic heterocycles. The average molecular weight is 334 g/mol. The molecule has 0 atom stereocenters. The van der Waals surface area contributed by atoms with Gasteiger partial charge in [-0.15, -0.1) is 0 Å². The van der Waals surface area contributed by atoms with E-state index in [9.17, 15) is 9.59 Å². The van der Waals surface area contributed by atoms with E-state index in [0.29, 0.717) is 49.3 Å². The van der Waals surface area contributed by atoms with Crippen LogP contribution >= 0.6 is 0 Å². The quantitative estimate of drug-likeness (QED) is 0.832. The van der Waals surface area contributed by atoms with Crippen molar-refractivity contribution < 1.29 is 19.1 Å². The van der Waals surface area contributed by atoms with Gasteiger partial charge in [-0.3, -0.25) is 9.59 Å². The zero-order valence-electron chi connectivity index (χ0n) is 14.6. The van der Waals surface area contributed by atoms with E-state index in [4.69, 9.17) is 9.47 Å². The normalized spacial score (nSPS) is 12.8. The summed E-state index contributed by atoms with van der Waals surface area (Å²) in [5, 5.41) is 2.81. The molecule has 2 amide bonds. The summed E-state index contributed by atoms with van der Waals surface area (Å²) in [5.41, 5.74) is 0.634. The van der Waals surface area contributed by atoms with Crippen LogP contribution in [0.3, 0.4) is 0 Å². The molecule has 0 radical (unpaired) electrons. The number of hydrogen-bond donors (Lipinski definition) is 1. The lowest BCUT2D eigenvalue weighted by Crippen LogP contribution is -2.37. The van der Waals surface area contributed by atoms with Crippen molar-refractivity contribution in [2.24, 2.45) is 5.92 Å². The van der Waals surface area contributed by atoms with Gasteiger partial charge in [-0.05, 0) is 31.4 Å². The van der Waals surface area contributed by atoms with Crippen LogP contribution in [0.2, 0.25) is 0 Å². The number of nitrogens with one attached hydrogen (secondary N) is 1. The Morgan fingerprint density at radius 1 is 1.21 bits per heavy atom. The maximum absolute atomic E-state index is 12.2. The van der Waals surface area contributed by atoms with E-state index in [-0.39, 0.29) is 18.4 Å². The SMILES string of the molecule is CCN(CC(=O)Nc1ccc2c(c1)OCCO2)C(=O)CCC(C)C. The largest absolute Gasteiger partial charge is 0.486 e. The number of fused-ring (bicyclic) bond motifs is 1. The van der Waals surface area contributed by atoms with Crippen LogP contribution in [0.4, 0.5) is 5.69 Å². The van der Waals surface area contributed by atoms with E-state index in [2.05, 4.69) is 19.2 Å². The summed E-state index contributed by atoms with van der Waals surface area (Å²) in [6.45, 7) is 7.65. The van der Waals surface area contributed by atoms with Crippen LogP contribution in [0, 0.1) is 5.92 Å². The van der Waals surface area contributed by atoms with Gasteiger partial charge in [-0.25, -0.2) is 0 Å². The molecule has 1 aromatic rings. The topological polar surface area (TPSA) is 67.9 Å². The van der Waals surface area contributed by atoms with Gasteiger partial charge in [0, 0.05) is 24.7 Å². The fraction of sp³-hybridized carbons (Fsp3) is 0.556. The number of ether oxygens (including phenoxy) is 2. The molecule has 1 heterocycles. The minimum Gasteiger partial charge on any atom is -0.486 e. The summed E-state index contributed by atoms with van der Waals surface area (Å²) in [7, 11) is 0. The van der Waals surface area contributed by atoms with Gasteiger partial charge >= 0.3 is 0 Å². The Kier molecular flexibility index (Phi) is 6.46. The minimum absolute atomic E-state index is 0.0172. The van der Waals surface area contributed by atoms with E-state index >= 15 is 0 Å². The zero-order chi connectivity index (χ0) is 17.5. The Morgan fingerprint density at radius 2 is 1.92 bits per heavy atom. The van der Waals surface area contributed by atoms with E-state index in [0.717, 1.165) is 6.42 Å². The van der Waals surface area contributed by atoms with Gasteiger partial charge in [-0.1, -0.05) is 13.8 Å².